The molecule has 1 aromatic carbocycles. The molecule has 1 aliphatic heterocycles. The lowest BCUT2D eigenvalue weighted by Gasteiger charge is -2.15. The van der Waals surface area contributed by atoms with Crippen LogP contribution < -0.4 is 10.6 Å². The van der Waals surface area contributed by atoms with Crippen molar-refractivity contribution >= 4 is 28.9 Å². The number of benzene rings is 1. The van der Waals surface area contributed by atoms with Crippen molar-refractivity contribution < 1.29 is 4.79 Å². The first-order valence-corrected chi connectivity index (χ1v) is 5.96. The van der Waals surface area contributed by atoms with Gasteiger partial charge in [-0.05, 0) is 37.0 Å². The third-order valence-electron chi connectivity index (χ3n) is 3.19. The van der Waals surface area contributed by atoms with Gasteiger partial charge < -0.3 is 10.6 Å². The van der Waals surface area contributed by atoms with E-state index in [1.165, 1.54) is 12.8 Å². The van der Waals surface area contributed by atoms with Gasteiger partial charge in [0.05, 0.1) is 11.4 Å². The molecule has 4 heteroatoms. The summed E-state index contributed by atoms with van der Waals surface area (Å²) in [5.41, 5.74) is 1.77. The van der Waals surface area contributed by atoms with Crippen molar-refractivity contribution in [2.75, 3.05) is 10.6 Å². The van der Waals surface area contributed by atoms with Crippen molar-refractivity contribution in [3.8, 4) is 0 Å². The second-order valence-corrected chi connectivity index (χ2v) is 4.97. The van der Waals surface area contributed by atoms with E-state index in [0.29, 0.717) is 17.4 Å². The Morgan fingerprint density at radius 3 is 2.81 bits per heavy atom. The molecular formula is C12H13ClN2O. The molecule has 1 heterocycles. The average Bonchev–Trinajstić information content (AvgIpc) is 3.02. The summed E-state index contributed by atoms with van der Waals surface area (Å²) in [7, 11) is 0. The molecule has 3 nitrogen and oxygen atoms in total. The second kappa shape index (κ2) is 3.67. The molecule has 1 fully saturated rings. The van der Waals surface area contributed by atoms with E-state index in [0.717, 1.165) is 11.4 Å². The van der Waals surface area contributed by atoms with E-state index in [9.17, 15) is 4.79 Å². The Labute approximate surface area is 99.2 Å². The summed E-state index contributed by atoms with van der Waals surface area (Å²) in [6, 6.07) is 5.77. The molecule has 1 aliphatic carbocycles. The summed E-state index contributed by atoms with van der Waals surface area (Å²) in [5, 5.41) is 7.02. The Bertz CT molecular complexity index is 443. The largest absolute Gasteiger partial charge is 0.380 e. The molecule has 2 aliphatic rings. The maximum atomic E-state index is 11.7. The molecule has 1 amide bonds. The number of hydrogen-bond donors (Lipinski definition) is 2. The minimum atomic E-state index is 0.0884. The first-order valence-electron chi connectivity index (χ1n) is 5.58. The lowest BCUT2D eigenvalue weighted by atomic mass is 10.1. The molecule has 1 saturated carbocycles. The van der Waals surface area contributed by atoms with Gasteiger partial charge in [-0.2, -0.15) is 0 Å². The van der Waals surface area contributed by atoms with E-state index in [1.54, 1.807) is 6.07 Å². The smallest absolute Gasteiger partial charge is 0.226 e. The Morgan fingerprint density at radius 2 is 2.06 bits per heavy atom. The molecule has 0 spiro atoms. The molecule has 2 N–H and O–H groups in total. The highest BCUT2D eigenvalue weighted by molar-refractivity contribution is 6.31. The van der Waals surface area contributed by atoms with Gasteiger partial charge in [-0.1, -0.05) is 11.6 Å². The average molecular weight is 237 g/mol. The fourth-order valence-corrected chi connectivity index (χ4v) is 2.35. The molecular weight excluding hydrogens is 224 g/mol. The lowest BCUT2D eigenvalue weighted by Crippen LogP contribution is -2.24. The van der Waals surface area contributed by atoms with E-state index in [2.05, 4.69) is 10.6 Å². The SMILES string of the molecule is O=C1CC(C2CC2)Nc2cc(Cl)ccc2N1. The van der Waals surface area contributed by atoms with Crippen LogP contribution in [-0.2, 0) is 4.79 Å². The number of anilines is 2. The van der Waals surface area contributed by atoms with E-state index in [4.69, 9.17) is 11.6 Å². The quantitative estimate of drug-likeness (QED) is 0.787. The van der Waals surface area contributed by atoms with Crippen molar-refractivity contribution in [3.63, 3.8) is 0 Å². The van der Waals surface area contributed by atoms with Crippen molar-refractivity contribution in [1.29, 1.82) is 0 Å². The Morgan fingerprint density at radius 1 is 1.25 bits per heavy atom. The predicted octanol–water partition coefficient (Wildman–Crippen LogP) is 2.87. The zero-order valence-corrected chi connectivity index (χ0v) is 9.55. The number of amides is 1. The van der Waals surface area contributed by atoms with Gasteiger partial charge in [-0.15, -0.1) is 0 Å². The third kappa shape index (κ3) is 1.87. The van der Waals surface area contributed by atoms with Crippen molar-refractivity contribution in [1.82, 2.24) is 0 Å². The maximum Gasteiger partial charge on any atom is 0.226 e. The van der Waals surface area contributed by atoms with Crippen LogP contribution in [0.2, 0.25) is 5.02 Å². The molecule has 1 atom stereocenters. The van der Waals surface area contributed by atoms with Crippen LogP contribution in [0.25, 0.3) is 0 Å². The number of rotatable bonds is 1. The second-order valence-electron chi connectivity index (χ2n) is 4.53. The number of halogens is 1. The normalized spacial score (nSPS) is 24.1. The molecule has 16 heavy (non-hydrogen) atoms. The summed E-state index contributed by atoms with van der Waals surface area (Å²) >= 11 is 5.96. The number of hydrogen-bond acceptors (Lipinski definition) is 2. The van der Waals surface area contributed by atoms with Crippen LogP contribution >= 0.6 is 11.6 Å². The van der Waals surface area contributed by atoms with Gasteiger partial charge in [-0.25, -0.2) is 0 Å². The highest BCUT2D eigenvalue weighted by Crippen LogP contribution is 2.39. The predicted molar refractivity (Wildman–Crippen MR) is 64.8 cm³/mol. The van der Waals surface area contributed by atoms with Gasteiger partial charge in [0.25, 0.3) is 0 Å². The van der Waals surface area contributed by atoms with E-state index >= 15 is 0 Å². The van der Waals surface area contributed by atoms with Gasteiger partial charge in [0.2, 0.25) is 5.91 Å². The van der Waals surface area contributed by atoms with Crippen LogP contribution in [0, 0.1) is 5.92 Å². The van der Waals surface area contributed by atoms with Crippen LogP contribution in [-0.4, -0.2) is 11.9 Å². The van der Waals surface area contributed by atoms with E-state index in [-0.39, 0.29) is 11.9 Å². The number of carbonyl (C=O) groups is 1. The Balaban J connectivity index is 1.95. The van der Waals surface area contributed by atoms with Crippen LogP contribution in [0.5, 0.6) is 0 Å². The fourth-order valence-electron chi connectivity index (χ4n) is 2.18. The maximum absolute atomic E-state index is 11.7. The van der Waals surface area contributed by atoms with Crippen LogP contribution in [0.15, 0.2) is 18.2 Å². The monoisotopic (exact) mass is 236 g/mol. The lowest BCUT2D eigenvalue weighted by molar-refractivity contribution is -0.116. The van der Waals surface area contributed by atoms with Gasteiger partial charge in [-0.3, -0.25) is 4.79 Å². The molecule has 1 aromatic rings. The van der Waals surface area contributed by atoms with Gasteiger partial charge in [0.15, 0.2) is 0 Å². The summed E-state index contributed by atoms with van der Waals surface area (Å²) in [5.74, 6) is 0.737. The van der Waals surface area contributed by atoms with Crippen molar-refractivity contribution in [3.05, 3.63) is 23.2 Å². The van der Waals surface area contributed by atoms with Crippen molar-refractivity contribution in [2.45, 2.75) is 25.3 Å². The van der Waals surface area contributed by atoms with E-state index in [1.807, 2.05) is 12.1 Å². The first-order chi connectivity index (χ1) is 7.72. The molecule has 0 saturated heterocycles. The van der Waals surface area contributed by atoms with Crippen LogP contribution in [0.3, 0.4) is 0 Å². The molecule has 84 valence electrons. The number of fused-ring (bicyclic) bond motifs is 1. The van der Waals surface area contributed by atoms with Crippen LogP contribution in [0.4, 0.5) is 11.4 Å². The summed E-state index contributed by atoms with van der Waals surface area (Å²) in [6.07, 6.45) is 3.00. The standard InChI is InChI=1S/C12H13ClN2O/c13-8-3-4-9-11(5-8)14-10(7-1-2-7)6-12(16)15-9/h3-5,7,10,14H,1-2,6H2,(H,15,16). The summed E-state index contributed by atoms with van der Waals surface area (Å²) < 4.78 is 0. The Hall–Kier alpha value is -1.22. The zero-order chi connectivity index (χ0) is 11.1. The molecule has 0 radical (unpaired) electrons. The third-order valence-corrected chi connectivity index (χ3v) is 3.43. The number of nitrogens with one attached hydrogen (secondary N) is 2. The topological polar surface area (TPSA) is 41.1 Å². The zero-order valence-electron chi connectivity index (χ0n) is 8.79. The number of carbonyl (C=O) groups excluding carboxylic acids is 1. The highest BCUT2D eigenvalue weighted by Gasteiger charge is 2.34. The van der Waals surface area contributed by atoms with Crippen LogP contribution in [0.1, 0.15) is 19.3 Å². The minimum Gasteiger partial charge on any atom is -0.380 e. The molecule has 0 aromatic heterocycles. The Kier molecular flexibility index (Phi) is 2.28. The summed E-state index contributed by atoms with van der Waals surface area (Å²) in [6.45, 7) is 0. The van der Waals surface area contributed by atoms with Gasteiger partial charge in [0.1, 0.15) is 0 Å². The fraction of sp³-hybridized carbons (Fsp3) is 0.417. The minimum absolute atomic E-state index is 0.0884. The molecule has 1 unspecified atom stereocenters. The van der Waals surface area contributed by atoms with Crippen molar-refractivity contribution in [2.24, 2.45) is 5.92 Å². The van der Waals surface area contributed by atoms with E-state index < -0.39 is 0 Å². The highest BCUT2D eigenvalue weighted by atomic mass is 35.5. The summed E-state index contributed by atoms with van der Waals surface area (Å²) in [4.78, 5) is 11.7. The molecule has 3 rings (SSSR count). The molecule has 0 bridgehead atoms. The first kappa shape index (κ1) is 9.97. The van der Waals surface area contributed by atoms with Gasteiger partial charge in [0, 0.05) is 17.5 Å². The van der Waals surface area contributed by atoms with Gasteiger partial charge >= 0.3 is 0 Å².